The minimum Gasteiger partial charge on any atom is -0.469 e. The van der Waals surface area contributed by atoms with Gasteiger partial charge in [-0.15, -0.1) is 0 Å². The van der Waals surface area contributed by atoms with E-state index in [2.05, 4.69) is 21.7 Å². The van der Waals surface area contributed by atoms with Crippen LogP contribution in [0.3, 0.4) is 0 Å². The van der Waals surface area contributed by atoms with Crippen LogP contribution in [0.1, 0.15) is 42.4 Å². The molecule has 4 rings (SSSR count). The van der Waals surface area contributed by atoms with Crippen LogP contribution in [0, 0.1) is 0 Å². The summed E-state index contributed by atoms with van der Waals surface area (Å²) in [6.45, 7) is 6.44. The quantitative estimate of drug-likeness (QED) is 0.400. The fourth-order valence-electron chi connectivity index (χ4n) is 4.32. The van der Waals surface area contributed by atoms with Gasteiger partial charge in [-0.3, -0.25) is 19.3 Å². The molecule has 0 aliphatic carbocycles. The highest BCUT2D eigenvalue weighted by molar-refractivity contribution is 5.97. The van der Waals surface area contributed by atoms with Gasteiger partial charge in [-0.25, -0.2) is 4.68 Å². The number of aromatic nitrogens is 2. The number of esters is 1. The van der Waals surface area contributed by atoms with E-state index in [1.54, 1.807) is 4.90 Å². The molecule has 0 radical (unpaired) electrons. The van der Waals surface area contributed by atoms with Crippen LogP contribution in [0.2, 0.25) is 0 Å². The molecule has 0 spiro atoms. The summed E-state index contributed by atoms with van der Waals surface area (Å²) in [7, 11) is 1.27. The van der Waals surface area contributed by atoms with E-state index < -0.39 is 11.9 Å². The van der Waals surface area contributed by atoms with Gasteiger partial charge in [0.25, 0.3) is 0 Å². The molecule has 0 saturated carbocycles. The number of hydrogen-bond donors (Lipinski definition) is 1. The normalized spacial score (nSPS) is 14.9. The lowest BCUT2D eigenvalue weighted by molar-refractivity contribution is -0.140. The van der Waals surface area contributed by atoms with Gasteiger partial charge in [0, 0.05) is 36.6 Å². The summed E-state index contributed by atoms with van der Waals surface area (Å²) in [5.41, 5.74) is 3.88. The van der Waals surface area contributed by atoms with E-state index in [0.717, 1.165) is 28.2 Å². The number of methoxy groups -OCH3 is 1. The second-order valence-electron chi connectivity index (χ2n) is 8.35. The molecule has 2 aromatic carbocycles. The molecule has 0 saturated heterocycles. The molecule has 1 aromatic heterocycles. The number of nitrogens with one attached hydrogen (secondary N) is 1. The highest BCUT2D eigenvalue weighted by Crippen LogP contribution is 2.41. The van der Waals surface area contributed by atoms with Crippen LogP contribution in [-0.2, 0) is 25.7 Å². The van der Waals surface area contributed by atoms with Crippen molar-refractivity contribution in [3.63, 3.8) is 0 Å². The van der Waals surface area contributed by atoms with Crippen LogP contribution in [0.4, 0.5) is 5.82 Å². The number of hydrogen-bond acceptors (Lipinski definition) is 5. The van der Waals surface area contributed by atoms with Crippen molar-refractivity contribution >= 4 is 23.6 Å². The van der Waals surface area contributed by atoms with Crippen LogP contribution in [0.15, 0.2) is 72.9 Å². The lowest BCUT2D eigenvalue weighted by Gasteiger charge is -2.32. The fraction of sp³-hybridized carbons (Fsp3) is 0.259. The third-order valence-electron chi connectivity index (χ3n) is 6.11. The van der Waals surface area contributed by atoms with E-state index in [4.69, 9.17) is 0 Å². The number of benzene rings is 2. The molecule has 3 aromatic rings. The Morgan fingerprint density at radius 1 is 1.17 bits per heavy atom. The Balaban J connectivity index is 1.59. The molecule has 0 unspecified atom stereocenters. The zero-order valence-electron chi connectivity index (χ0n) is 19.9. The summed E-state index contributed by atoms with van der Waals surface area (Å²) in [5.74, 6) is -0.235. The molecule has 1 atom stereocenters. The van der Waals surface area contributed by atoms with E-state index in [0.29, 0.717) is 13.0 Å². The Morgan fingerprint density at radius 3 is 2.66 bits per heavy atom. The zero-order chi connectivity index (χ0) is 24.9. The Bertz CT molecular complexity index is 1270. The third kappa shape index (κ3) is 5.01. The number of rotatable bonds is 8. The summed E-state index contributed by atoms with van der Waals surface area (Å²) in [6, 6.07) is 17.6. The number of carbonyl (C=O) groups excluding carboxylic acids is 3. The van der Waals surface area contributed by atoms with Crippen molar-refractivity contribution in [2.75, 3.05) is 18.6 Å². The molecule has 180 valence electrons. The first-order valence-electron chi connectivity index (χ1n) is 11.5. The van der Waals surface area contributed by atoms with Gasteiger partial charge in [0.2, 0.25) is 11.8 Å². The van der Waals surface area contributed by atoms with Gasteiger partial charge < -0.3 is 10.1 Å². The highest BCUT2D eigenvalue weighted by Gasteiger charge is 2.35. The molecular formula is C27H28N4O4. The highest BCUT2D eigenvalue weighted by atomic mass is 16.5. The van der Waals surface area contributed by atoms with Crippen molar-refractivity contribution in [1.82, 2.24) is 15.1 Å². The van der Waals surface area contributed by atoms with E-state index in [1.807, 2.05) is 72.4 Å². The molecular weight excluding hydrogens is 444 g/mol. The maximum absolute atomic E-state index is 13.1. The summed E-state index contributed by atoms with van der Waals surface area (Å²) >= 11 is 0. The first-order chi connectivity index (χ1) is 16.9. The predicted octanol–water partition coefficient (Wildman–Crippen LogP) is 3.50. The Morgan fingerprint density at radius 2 is 1.94 bits per heavy atom. The van der Waals surface area contributed by atoms with Gasteiger partial charge in [-0.05, 0) is 30.2 Å². The van der Waals surface area contributed by atoms with Gasteiger partial charge in [0.05, 0.1) is 25.4 Å². The topological polar surface area (TPSA) is 93.5 Å². The van der Waals surface area contributed by atoms with Crippen LogP contribution in [-0.4, -0.2) is 41.2 Å². The van der Waals surface area contributed by atoms with Gasteiger partial charge in [-0.2, -0.15) is 5.10 Å². The number of carbonyl (C=O) groups is 3. The second-order valence-corrected chi connectivity index (χ2v) is 8.35. The molecule has 35 heavy (non-hydrogen) atoms. The Labute approximate surface area is 204 Å². The van der Waals surface area contributed by atoms with Crippen molar-refractivity contribution in [2.24, 2.45) is 0 Å². The number of anilines is 1. The molecule has 1 aliphatic heterocycles. The standard InChI is InChI=1S/C27H28N4O4/c1-4-30-24(32)15-22(23-17-29-31(27(23)30)21-11-6-5-7-12-21)20-10-8-9-19(14-20)16-28-26(34)18(2)13-25(33)35-3/h5-12,14,17,22H,2,4,13,15-16H2,1,3H3,(H,28,34)/t22-/m0/s1. The summed E-state index contributed by atoms with van der Waals surface area (Å²) in [5, 5.41) is 7.42. The maximum atomic E-state index is 13.1. The van der Waals surface area contributed by atoms with Crippen LogP contribution in [0.25, 0.3) is 5.69 Å². The van der Waals surface area contributed by atoms with Crippen LogP contribution in [0.5, 0.6) is 0 Å². The summed E-state index contributed by atoms with van der Waals surface area (Å²) in [6.07, 6.45) is 2.02. The van der Waals surface area contributed by atoms with Crippen molar-refractivity contribution < 1.29 is 19.1 Å². The largest absolute Gasteiger partial charge is 0.469 e. The van der Waals surface area contributed by atoms with Crippen molar-refractivity contribution in [1.29, 1.82) is 0 Å². The van der Waals surface area contributed by atoms with Crippen LogP contribution < -0.4 is 10.2 Å². The number of nitrogens with zero attached hydrogens (tertiary/aromatic N) is 3. The molecule has 0 bridgehead atoms. The van der Waals surface area contributed by atoms with Gasteiger partial charge in [-0.1, -0.05) is 49.0 Å². The molecule has 8 heteroatoms. The van der Waals surface area contributed by atoms with Gasteiger partial charge in [0.1, 0.15) is 5.82 Å². The summed E-state index contributed by atoms with van der Waals surface area (Å²) in [4.78, 5) is 38.6. The molecule has 8 nitrogen and oxygen atoms in total. The Hall–Kier alpha value is -4.20. The monoisotopic (exact) mass is 472 g/mol. The molecule has 0 fully saturated rings. The fourth-order valence-corrected chi connectivity index (χ4v) is 4.32. The first kappa shape index (κ1) is 23.9. The number of fused-ring (bicyclic) bond motifs is 1. The van der Waals surface area contributed by atoms with Gasteiger partial charge >= 0.3 is 5.97 Å². The maximum Gasteiger partial charge on any atom is 0.310 e. The molecule has 2 amide bonds. The smallest absolute Gasteiger partial charge is 0.310 e. The lowest BCUT2D eigenvalue weighted by Crippen LogP contribution is -2.37. The van der Waals surface area contributed by atoms with Crippen molar-refractivity contribution in [3.8, 4) is 5.69 Å². The third-order valence-corrected chi connectivity index (χ3v) is 6.11. The van der Waals surface area contributed by atoms with E-state index in [-0.39, 0.29) is 30.4 Å². The van der Waals surface area contributed by atoms with Crippen LogP contribution >= 0.6 is 0 Å². The van der Waals surface area contributed by atoms with E-state index in [9.17, 15) is 14.4 Å². The first-order valence-corrected chi connectivity index (χ1v) is 11.5. The molecule has 1 aliphatic rings. The van der Waals surface area contributed by atoms with Crippen molar-refractivity contribution in [3.05, 3.63) is 89.6 Å². The van der Waals surface area contributed by atoms with Gasteiger partial charge in [0.15, 0.2) is 0 Å². The summed E-state index contributed by atoms with van der Waals surface area (Å²) < 4.78 is 6.40. The minimum absolute atomic E-state index is 0.0421. The lowest BCUT2D eigenvalue weighted by atomic mass is 9.86. The SMILES string of the molecule is C=C(CC(=O)OC)C(=O)NCc1cccc([C@@H]2CC(=O)N(CC)c3c2cnn3-c2ccccc2)c1. The number of para-hydroxylation sites is 1. The van der Waals surface area contributed by atoms with Crippen molar-refractivity contribution in [2.45, 2.75) is 32.2 Å². The average Bonchev–Trinajstić information content (AvgIpc) is 3.32. The number of amides is 2. The minimum atomic E-state index is -0.512. The second kappa shape index (κ2) is 10.4. The van der Waals surface area contributed by atoms with E-state index in [1.165, 1.54) is 7.11 Å². The zero-order valence-corrected chi connectivity index (χ0v) is 19.9. The molecule has 2 heterocycles. The predicted molar refractivity (Wildman–Crippen MR) is 132 cm³/mol. The number of ether oxygens (including phenoxy) is 1. The Kier molecular flexibility index (Phi) is 7.10. The molecule has 1 N–H and O–H groups in total. The van der Waals surface area contributed by atoms with E-state index >= 15 is 0 Å². The average molecular weight is 473 g/mol.